The van der Waals surface area contributed by atoms with Crippen molar-refractivity contribution in [2.75, 3.05) is 0 Å². The summed E-state index contributed by atoms with van der Waals surface area (Å²) in [6.45, 7) is 4.60. The molecule has 0 N–H and O–H groups in total. The summed E-state index contributed by atoms with van der Waals surface area (Å²) in [6, 6.07) is 9.66. The van der Waals surface area contributed by atoms with Crippen LogP contribution in [0.1, 0.15) is 108 Å². The first kappa shape index (κ1) is 18.6. The zero-order valence-electron chi connectivity index (χ0n) is 15.7. The van der Waals surface area contributed by atoms with Gasteiger partial charge in [0, 0.05) is 0 Å². The maximum absolute atomic E-state index is 2.43. The highest BCUT2D eigenvalue weighted by Crippen LogP contribution is 2.37. The molecule has 130 valence electrons. The minimum Gasteiger partial charge on any atom is -0.0654 e. The second-order valence-electron chi connectivity index (χ2n) is 7.77. The highest BCUT2D eigenvalue weighted by Gasteiger charge is 2.21. The summed E-state index contributed by atoms with van der Waals surface area (Å²) >= 11 is 0. The Balaban J connectivity index is 1.70. The number of unbranched alkanes of at least 4 members (excludes halogenated alkanes) is 5. The smallest absolute Gasteiger partial charge is 0.0162 e. The fraction of sp³-hybridized carbons (Fsp3) is 0.739. The predicted molar refractivity (Wildman–Crippen MR) is 103 cm³/mol. The van der Waals surface area contributed by atoms with Gasteiger partial charge in [0.15, 0.2) is 0 Å². The van der Waals surface area contributed by atoms with E-state index < -0.39 is 0 Å². The van der Waals surface area contributed by atoms with Crippen molar-refractivity contribution in [2.45, 2.75) is 103 Å². The fourth-order valence-electron chi connectivity index (χ4n) is 4.17. The lowest BCUT2D eigenvalue weighted by Gasteiger charge is -2.29. The molecular weight excluding hydrogens is 276 g/mol. The summed E-state index contributed by atoms with van der Waals surface area (Å²) in [4.78, 5) is 0. The summed E-state index contributed by atoms with van der Waals surface area (Å²) in [6.07, 6.45) is 18.2. The first-order chi connectivity index (χ1) is 11.3. The molecule has 0 heteroatoms. The van der Waals surface area contributed by atoms with Gasteiger partial charge in [0.1, 0.15) is 0 Å². The van der Waals surface area contributed by atoms with Gasteiger partial charge in [-0.3, -0.25) is 0 Å². The molecule has 0 aliphatic heterocycles. The van der Waals surface area contributed by atoms with Crippen molar-refractivity contribution in [2.24, 2.45) is 5.92 Å². The Morgan fingerprint density at radius 2 is 1.39 bits per heavy atom. The van der Waals surface area contributed by atoms with E-state index in [4.69, 9.17) is 0 Å². The van der Waals surface area contributed by atoms with Gasteiger partial charge in [-0.25, -0.2) is 0 Å². The Bertz CT molecular complexity index is 395. The predicted octanol–water partition coefficient (Wildman–Crippen LogP) is 7.66. The van der Waals surface area contributed by atoms with Gasteiger partial charge in [-0.1, -0.05) is 83.1 Å². The van der Waals surface area contributed by atoms with E-state index in [1.807, 2.05) is 0 Å². The SMILES string of the molecule is CCCCCCCc1ccc(C2CCC(CCCC)CC2)cc1. The molecule has 1 fully saturated rings. The van der Waals surface area contributed by atoms with Gasteiger partial charge < -0.3 is 0 Å². The molecule has 1 aromatic rings. The summed E-state index contributed by atoms with van der Waals surface area (Å²) in [5.41, 5.74) is 3.15. The fourth-order valence-corrected chi connectivity index (χ4v) is 4.17. The Morgan fingerprint density at radius 3 is 2.04 bits per heavy atom. The normalized spacial score (nSPS) is 21.5. The third kappa shape index (κ3) is 6.69. The molecule has 1 aliphatic rings. The highest BCUT2D eigenvalue weighted by atomic mass is 14.3. The topological polar surface area (TPSA) is 0 Å². The lowest BCUT2D eigenvalue weighted by Crippen LogP contribution is -2.13. The van der Waals surface area contributed by atoms with E-state index in [0.29, 0.717) is 0 Å². The summed E-state index contributed by atoms with van der Waals surface area (Å²) in [5.74, 6) is 1.86. The Morgan fingerprint density at radius 1 is 0.739 bits per heavy atom. The highest BCUT2D eigenvalue weighted by molar-refractivity contribution is 5.25. The van der Waals surface area contributed by atoms with Gasteiger partial charge in [0.2, 0.25) is 0 Å². The third-order valence-corrected chi connectivity index (χ3v) is 5.83. The van der Waals surface area contributed by atoms with E-state index in [9.17, 15) is 0 Å². The van der Waals surface area contributed by atoms with E-state index in [2.05, 4.69) is 38.1 Å². The molecule has 0 aromatic heterocycles. The van der Waals surface area contributed by atoms with Crippen LogP contribution in [-0.2, 0) is 6.42 Å². The van der Waals surface area contributed by atoms with Gasteiger partial charge in [-0.15, -0.1) is 0 Å². The van der Waals surface area contributed by atoms with E-state index in [-0.39, 0.29) is 0 Å². The molecular formula is C23H38. The Labute approximate surface area is 145 Å². The zero-order chi connectivity index (χ0) is 16.3. The number of rotatable bonds is 10. The van der Waals surface area contributed by atoms with Crippen LogP contribution in [0.25, 0.3) is 0 Å². The van der Waals surface area contributed by atoms with Crippen molar-refractivity contribution in [3.05, 3.63) is 35.4 Å². The molecule has 1 saturated carbocycles. The van der Waals surface area contributed by atoms with Crippen molar-refractivity contribution >= 4 is 0 Å². The second kappa shape index (κ2) is 10.9. The maximum atomic E-state index is 2.43. The molecule has 0 unspecified atom stereocenters. The zero-order valence-corrected chi connectivity index (χ0v) is 15.7. The van der Waals surface area contributed by atoms with Crippen LogP contribution in [0, 0.1) is 5.92 Å². The second-order valence-corrected chi connectivity index (χ2v) is 7.77. The summed E-state index contributed by atoms with van der Waals surface area (Å²) in [7, 11) is 0. The van der Waals surface area contributed by atoms with Crippen LogP contribution >= 0.6 is 0 Å². The molecule has 0 amide bonds. The molecule has 1 aliphatic carbocycles. The molecule has 0 heterocycles. The van der Waals surface area contributed by atoms with Crippen molar-refractivity contribution < 1.29 is 0 Å². The average molecular weight is 315 g/mol. The first-order valence-electron chi connectivity index (χ1n) is 10.4. The van der Waals surface area contributed by atoms with E-state index in [0.717, 1.165) is 11.8 Å². The Kier molecular flexibility index (Phi) is 8.79. The molecule has 0 atom stereocenters. The van der Waals surface area contributed by atoms with Crippen molar-refractivity contribution in [1.29, 1.82) is 0 Å². The summed E-state index contributed by atoms with van der Waals surface area (Å²) in [5, 5.41) is 0. The minimum atomic E-state index is 0.839. The molecule has 0 radical (unpaired) electrons. The summed E-state index contributed by atoms with van der Waals surface area (Å²) < 4.78 is 0. The van der Waals surface area contributed by atoms with Gasteiger partial charge in [-0.05, 0) is 61.5 Å². The molecule has 1 aromatic carbocycles. The molecule has 0 saturated heterocycles. The number of aryl methyl sites for hydroxylation is 1. The van der Waals surface area contributed by atoms with Crippen molar-refractivity contribution in [1.82, 2.24) is 0 Å². The van der Waals surface area contributed by atoms with Crippen LogP contribution < -0.4 is 0 Å². The average Bonchev–Trinajstić information content (AvgIpc) is 2.61. The van der Waals surface area contributed by atoms with Crippen LogP contribution in [0.4, 0.5) is 0 Å². The number of hydrogen-bond donors (Lipinski definition) is 0. The largest absolute Gasteiger partial charge is 0.0654 e. The monoisotopic (exact) mass is 314 g/mol. The lowest BCUT2D eigenvalue weighted by molar-refractivity contribution is 0.304. The van der Waals surface area contributed by atoms with Crippen molar-refractivity contribution in [3.63, 3.8) is 0 Å². The van der Waals surface area contributed by atoms with Gasteiger partial charge >= 0.3 is 0 Å². The van der Waals surface area contributed by atoms with Gasteiger partial charge in [-0.2, -0.15) is 0 Å². The van der Waals surface area contributed by atoms with Crippen LogP contribution in [-0.4, -0.2) is 0 Å². The van der Waals surface area contributed by atoms with Gasteiger partial charge in [0.05, 0.1) is 0 Å². The molecule has 0 nitrogen and oxygen atoms in total. The maximum Gasteiger partial charge on any atom is -0.0162 e. The molecule has 23 heavy (non-hydrogen) atoms. The number of benzene rings is 1. The first-order valence-corrected chi connectivity index (χ1v) is 10.4. The number of hydrogen-bond acceptors (Lipinski definition) is 0. The van der Waals surface area contributed by atoms with E-state index >= 15 is 0 Å². The molecule has 0 bridgehead atoms. The van der Waals surface area contributed by atoms with Gasteiger partial charge in [0.25, 0.3) is 0 Å². The van der Waals surface area contributed by atoms with E-state index in [1.165, 1.54) is 83.5 Å². The van der Waals surface area contributed by atoms with Crippen LogP contribution in [0.15, 0.2) is 24.3 Å². The van der Waals surface area contributed by atoms with Crippen LogP contribution in [0.5, 0.6) is 0 Å². The lowest BCUT2D eigenvalue weighted by atomic mass is 9.77. The van der Waals surface area contributed by atoms with Crippen molar-refractivity contribution in [3.8, 4) is 0 Å². The van der Waals surface area contributed by atoms with E-state index in [1.54, 1.807) is 11.1 Å². The standard InChI is InChI=1S/C23H38/c1-3-5-7-8-9-11-21-14-18-23(19-15-21)22-16-12-20(13-17-22)10-6-4-2/h14-15,18-20,22H,3-13,16-17H2,1-2H3. The quantitative estimate of drug-likeness (QED) is 0.389. The molecule has 2 rings (SSSR count). The minimum absolute atomic E-state index is 0.839. The third-order valence-electron chi connectivity index (χ3n) is 5.83. The Hall–Kier alpha value is -0.780. The van der Waals surface area contributed by atoms with Crippen LogP contribution in [0.2, 0.25) is 0 Å². The molecule has 0 spiro atoms. The van der Waals surface area contributed by atoms with Crippen LogP contribution in [0.3, 0.4) is 0 Å².